The number of amidine groups is 1. The molecule has 1 rings (SSSR count). The van der Waals surface area contributed by atoms with Crippen LogP contribution in [0.2, 0.25) is 0 Å². The summed E-state index contributed by atoms with van der Waals surface area (Å²) in [5, 5.41) is 20.6. The summed E-state index contributed by atoms with van der Waals surface area (Å²) in [6.45, 7) is 7.66. The molecule has 0 bridgehead atoms. The molecule has 1 fully saturated rings. The molecule has 1 saturated heterocycles. The molecule has 1 aliphatic rings. The van der Waals surface area contributed by atoms with Crippen molar-refractivity contribution in [3.63, 3.8) is 0 Å². The van der Waals surface area contributed by atoms with Crippen LogP contribution < -0.4 is 5.73 Å². The molecule has 0 aliphatic carbocycles. The van der Waals surface area contributed by atoms with Gasteiger partial charge in [-0.05, 0) is 32.2 Å². The molecule has 20 heavy (non-hydrogen) atoms. The first-order valence-corrected chi connectivity index (χ1v) is 7.42. The first-order chi connectivity index (χ1) is 9.49. The summed E-state index contributed by atoms with van der Waals surface area (Å²) in [5.41, 5.74) is 5.43. The number of rotatable bonds is 8. The molecule has 6 heteroatoms. The molecule has 0 amide bonds. The van der Waals surface area contributed by atoms with Crippen LogP contribution in [0.3, 0.4) is 0 Å². The molecule has 0 spiro atoms. The van der Waals surface area contributed by atoms with E-state index in [0.717, 1.165) is 45.3 Å². The minimum absolute atomic E-state index is 0.100. The summed E-state index contributed by atoms with van der Waals surface area (Å²) >= 11 is 0. The normalized spacial score (nSPS) is 19.4. The van der Waals surface area contributed by atoms with E-state index in [4.69, 9.17) is 20.8 Å². The van der Waals surface area contributed by atoms with Crippen LogP contribution in [0.5, 0.6) is 0 Å². The highest BCUT2D eigenvalue weighted by molar-refractivity contribution is 5.85. The van der Waals surface area contributed by atoms with Gasteiger partial charge in [0.2, 0.25) is 0 Å². The lowest BCUT2D eigenvalue weighted by Gasteiger charge is -2.32. The van der Waals surface area contributed by atoms with Gasteiger partial charge in [0.05, 0.1) is 19.3 Å². The van der Waals surface area contributed by atoms with Gasteiger partial charge in [-0.2, -0.15) is 0 Å². The van der Waals surface area contributed by atoms with Crippen LogP contribution in [0.4, 0.5) is 0 Å². The van der Waals surface area contributed by atoms with Gasteiger partial charge in [-0.1, -0.05) is 19.0 Å². The van der Waals surface area contributed by atoms with E-state index in [-0.39, 0.29) is 12.0 Å². The first kappa shape index (κ1) is 17.2. The van der Waals surface area contributed by atoms with Crippen LogP contribution in [-0.2, 0) is 4.74 Å². The number of hydrogen-bond donors (Lipinski definition) is 3. The third kappa shape index (κ3) is 5.64. The second-order valence-corrected chi connectivity index (χ2v) is 6.11. The number of oxime groups is 1. The molecule has 1 heterocycles. The highest BCUT2D eigenvalue weighted by Gasteiger charge is 2.24. The molecule has 0 saturated carbocycles. The molecule has 0 aromatic heterocycles. The Hall–Kier alpha value is -0.850. The average Bonchev–Trinajstić information content (AvgIpc) is 2.45. The van der Waals surface area contributed by atoms with E-state index < -0.39 is 0 Å². The molecule has 118 valence electrons. The minimum atomic E-state index is -0.253. The van der Waals surface area contributed by atoms with Gasteiger partial charge in [0.1, 0.15) is 5.84 Å². The molecule has 0 aromatic carbocycles. The number of ether oxygens (including phenoxy) is 1. The molecule has 1 aliphatic heterocycles. The lowest BCUT2D eigenvalue weighted by molar-refractivity contribution is -0.00805. The standard InChI is InChI=1S/C14H29N3O3/c1-14(2,13(15)16-19)6-3-7-17-8-4-12(5-9-17)20-11-10-18/h12,18-19H,3-11H2,1-2H3,(H2,15,16). The van der Waals surface area contributed by atoms with Crippen LogP contribution in [0.25, 0.3) is 0 Å². The maximum absolute atomic E-state index is 8.74. The maximum atomic E-state index is 8.74. The number of likely N-dealkylation sites (tertiary alicyclic amines) is 1. The van der Waals surface area contributed by atoms with Gasteiger partial charge in [0.25, 0.3) is 0 Å². The van der Waals surface area contributed by atoms with Gasteiger partial charge in [-0.3, -0.25) is 0 Å². The molecule has 0 unspecified atom stereocenters. The SMILES string of the molecule is CC(C)(CCCN1CCC(OCCO)CC1)C(N)=NO. The summed E-state index contributed by atoms with van der Waals surface area (Å²) in [7, 11) is 0. The van der Waals surface area contributed by atoms with Crippen molar-refractivity contribution in [2.24, 2.45) is 16.3 Å². The fourth-order valence-corrected chi connectivity index (χ4v) is 2.53. The Morgan fingerprint density at radius 3 is 2.60 bits per heavy atom. The van der Waals surface area contributed by atoms with Crippen molar-refractivity contribution in [1.29, 1.82) is 0 Å². The Morgan fingerprint density at radius 2 is 2.05 bits per heavy atom. The van der Waals surface area contributed by atoms with E-state index >= 15 is 0 Å². The van der Waals surface area contributed by atoms with Gasteiger partial charge in [0, 0.05) is 18.5 Å². The number of nitrogens with two attached hydrogens (primary N) is 1. The van der Waals surface area contributed by atoms with E-state index in [1.807, 2.05) is 13.8 Å². The molecular formula is C14H29N3O3. The van der Waals surface area contributed by atoms with E-state index in [0.29, 0.717) is 18.5 Å². The summed E-state index contributed by atoms with van der Waals surface area (Å²) < 4.78 is 5.55. The van der Waals surface area contributed by atoms with Gasteiger partial charge in [0.15, 0.2) is 0 Å². The van der Waals surface area contributed by atoms with Crippen LogP contribution >= 0.6 is 0 Å². The molecule has 4 N–H and O–H groups in total. The van der Waals surface area contributed by atoms with Crippen molar-refractivity contribution in [1.82, 2.24) is 4.90 Å². The number of aliphatic hydroxyl groups excluding tert-OH is 1. The predicted octanol–water partition coefficient (Wildman–Crippen LogP) is 1.01. The van der Waals surface area contributed by atoms with Crippen LogP contribution in [-0.4, -0.2) is 60.0 Å². The number of aliphatic hydroxyl groups is 1. The Kier molecular flexibility index (Phi) is 7.26. The summed E-state index contributed by atoms with van der Waals surface area (Å²) in [6, 6.07) is 0. The quantitative estimate of drug-likeness (QED) is 0.268. The largest absolute Gasteiger partial charge is 0.409 e. The highest BCUT2D eigenvalue weighted by atomic mass is 16.5. The van der Waals surface area contributed by atoms with Crippen molar-refractivity contribution in [3.8, 4) is 0 Å². The summed E-state index contributed by atoms with van der Waals surface area (Å²) in [4.78, 5) is 2.43. The lowest BCUT2D eigenvalue weighted by Crippen LogP contribution is -2.38. The van der Waals surface area contributed by atoms with Gasteiger partial charge in [-0.15, -0.1) is 0 Å². The zero-order valence-corrected chi connectivity index (χ0v) is 12.7. The topological polar surface area (TPSA) is 91.3 Å². The Labute approximate surface area is 121 Å². The molecular weight excluding hydrogens is 258 g/mol. The lowest BCUT2D eigenvalue weighted by atomic mass is 9.86. The van der Waals surface area contributed by atoms with E-state index in [1.54, 1.807) is 0 Å². The van der Waals surface area contributed by atoms with Crippen LogP contribution in [0, 0.1) is 5.41 Å². The van der Waals surface area contributed by atoms with E-state index in [1.165, 1.54) is 0 Å². The monoisotopic (exact) mass is 287 g/mol. The third-order valence-electron chi connectivity index (χ3n) is 4.06. The average molecular weight is 287 g/mol. The molecule has 0 radical (unpaired) electrons. The summed E-state index contributed by atoms with van der Waals surface area (Å²) in [5.74, 6) is 0.300. The Bertz CT molecular complexity index is 300. The Morgan fingerprint density at radius 1 is 1.40 bits per heavy atom. The van der Waals surface area contributed by atoms with Gasteiger partial charge < -0.3 is 25.7 Å². The van der Waals surface area contributed by atoms with Crippen molar-refractivity contribution in [3.05, 3.63) is 0 Å². The third-order valence-corrected chi connectivity index (χ3v) is 4.06. The van der Waals surface area contributed by atoms with Gasteiger partial charge in [-0.25, -0.2) is 0 Å². The van der Waals surface area contributed by atoms with Crippen molar-refractivity contribution in [2.45, 2.75) is 45.6 Å². The number of nitrogens with zero attached hydrogens (tertiary/aromatic N) is 2. The maximum Gasteiger partial charge on any atom is 0.144 e. The Balaban J connectivity index is 2.18. The zero-order valence-electron chi connectivity index (χ0n) is 12.7. The van der Waals surface area contributed by atoms with E-state index in [2.05, 4.69) is 10.1 Å². The zero-order chi connectivity index (χ0) is 15.0. The fraction of sp³-hybridized carbons (Fsp3) is 0.929. The minimum Gasteiger partial charge on any atom is -0.409 e. The van der Waals surface area contributed by atoms with Crippen molar-refractivity contribution < 1.29 is 15.1 Å². The highest BCUT2D eigenvalue weighted by Crippen LogP contribution is 2.23. The first-order valence-electron chi connectivity index (χ1n) is 7.42. The van der Waals surface area contributed by atoms with Crippen molar-refractivity contribution >= 4 is 5.84 Å². The second kappa shape index (κ2) is 8.44. The summed E-state index contributed by atoms with van der Waals surface area (Å²) in [6.07, 6.45) is 4.30. The fourth-order valence-electron chi connectivity index (χ4n) is 2.53. The predicted molar refractivity (Wildman–Crippen MR) is 78.9 cm³/mol. The molecule has 6 nitrogen and oxygen atoms in total. The number of piperidine rings is 1. The van der Waals surface area contributed by atoms with Gasteiger partial charge >= 0.3 is 0 Å². The number of hydrogen-bond acceptors (Lipinski definition) is 5. The molecule has 0 aromatic rings. The van der Waals surface area contributed by atoms with Crippen LogP contribution in [0.15, 0.2) is 5.16 Å². The van der Waals surface area contributed by atoms with E-state index in [9.17, 15) is 0 Å². The van der Waals surface area contributed by atoms with Crippen LogP contribution in [0.1, 0.15) is 39.5 Å². The van der Waals surface area contributed by atoms with Crippen molar-refractivity contribution in [2.75, 3.05) is 32.8 Å². The molecule has 0 atom stereocenters. The second-order valence-electron chi connectivity index (χ2n) is 6.11. The smallest absolute Gasteiger partial charge is 0.144 e.